The van der Waals surface area contributed by atoms with Gasteiger partial charge in [-0.2, -0.15) is 5.10 Å². The molecule has 3 aromatic rings. The molecule has 1 amide bonds. The molecule has 0 radical (unpaired) electrons. The van der Waals surface area contributed by atoms with Gasteiger partial charge in [0.05, 0.1) is 13.3 Å². The highest BCUT2D eigenvalue weighted by atomic mass is 79.9. The Balaban J connectivity index is 1.62. The predicted molar refractivity (Wildman–Crippen MR) is 113 cm³/mol. The van der Waals surface area contributed by atoms with E-state index in [1.807, 2.05) is 48.5 Å². The number of rotatable bonds is 7. The molecule has 142 valence electrons. The van der Waals surface area contributed by atoms with Crippen LogP contribution in [0.4, 0.5) is 0 Å². The van der Waals surface area contributed by atoms with Crippen LogP contribution in [0.3, 0.4) is 0 Å². The summed E-state index contributed by atoms with van der Waals surface area (Å²) in [5.41, 5.74) is 4.88. The monoisotopic (exact) mass is 438 g/mol. The number of carbonyl (C=O) groups excluding carboxylic acids is 1. The number of hydrogen-bond acceptors (Lipinski definition) is 4. The number of methoxy groups -OCH3 is 1. The number of carbonyl (C=O) groups is 1. The highest BCUT2D eigenvalue weighted by Crippen LogP contribution is 2.28. The van der Waals surface area contributed by atoms with E-state index >= 15 is 0 Å². The van der Waals surface area contributed by atoms with Crippen LogP contribution in [0.25, 0.3) is 0 Å². The van der Waals surface area contributed by atoms with Gasteiger partial charge in [0.25, 0.3) is 5.91 Å². The number of benzene rings is 3. The summed E-state index contributed by atoms with van der Waals surface area (Å²) < 4.78 is 12.1. The van der Waals surface area contributed by atoms with E-state index in [0.29, 0.717) is 23.7 Å². The lowest BCUT2D eigenvalue weighted by molar-refractivity contribution is 0.0955. The van der Waals surface area contributed by atoms with Crippen LogP contribution in [0, 0.1) is 0 Å². The summed E-state index contributed by atoms with van der Waals surface area (Å²) in [5.74, 6) is 0.951. The van der Waals surface area contributed by atoms with Crippen LogP contribution in [0.1, 0.15) is 21.5 Å². The zero-order chi connectivity index (χ0) is 19.8. The van der Waals surface area contributed by atoms with Gasteiger partial charge in [0, 0.05) is 10.0 Å². The molecule has 0 unspecified atom stereocenters. The van der Waals surface area contributed by atoms with Gasteiger partial charge in [0.1, 0.15) is 6.61 Å². The number of halogens is 1. The molecule has 0 aromatic heterocycles. The first-order chi connectivity index (χ1) is 13.7. The van der Waals surface area contributed by atoms with E-state index in [9.17, 15) is 4.79 Å². The standard InChI is InChI=1S/C22H19BrN2O3/c1-27-21-12-17(10-11-20(21)28-15-16-6-3-2-4-7-16)14-24-25-22(26)18-8-5-9-19(23)13-18/h2-14H,15H2,1H3,(H,25,26)/b24-14-. The normalized spacial score (nSPS) is 10.6. The zero-order valence-corrected chi connectivity index (χ0v) is 16.8. The Morgan fingerprint density at radius 3 is 2.61 bits per heavy atom. The van der Waals surface area contributed by atoms with Crippen LogP contribution in [0.15, 0.2) is 82.4 Å². The van der Waals surface area contributed by atoms with Gasteiger partial charge in [-0.25, -0.2) is 5.43 Å². The number of nitrogens with one attached hydrogen (secondary N) is 1. The molecule has 0 spiro atoms. The van der Waals surface area contributed by atoms with Crippen LogP contribution in [0.5, 0.6) is 11.5 Å². The molecule has 1 N–H and O–H groups in total. The molecule has 0 bridgehead atoms. The van der Waals surface area contributed by atoms with Crippen molar-refractivity contribution in [1.29, 1.82) is 0 Å². The summed E-state index contributed by atoms with van der Waals surface area (Å²) in [6.45, 7) is 0.452. The van der Waals surface area contributed by atoms with E-state index in [2.05, 4.69) is 26.5 Å². The van der Waals surface area contributed by atoms with Crippen molar-refractivity contribution in [3.05, 3.63) is 94.0 Å². The average Bonchev–Trinajstić information content (AvgIpc) is 2.73. The van der Waals surface area contributed by atoms with E-state index in [4.69, 9.17) is 9.47 Å². The highest BCUT2D eigenvalue weighted by Gasteiger charge is 2.07. The highest BCUT2D eigenvalue weighted by molar-refractivity contribution is 9.10. The lowest BCUT2D eigenvalue weighted by atomic mass is 10.2. The third-order valence-corrected chi connectivity index (χ3v) is 4.38. The number of nitrogens with zero attached hydrogens (tertiary/aromatic N) is 1. The Kier molecular flexibility index (Phi) is 6.81. The molecule has 0 aliphatic rings. The SMILES string of the molecule is COc1cc(/C=N\NC(=O)c2cccc(Br)c2)ccc1OCc1ccccc1. The topological polar surface area (TPSA) is 59.9 Å². The van der Waals surface area contributed by atoms with Crippen molar-refractivity contribution < 1.29 is 14.3 Å². The van der Waals surface area contributed by atoms with Gasteiger partial charge in [-0.1, -0.05) is 52.3 Å². The Hall–Kier alpha value is -3.12. The number of ether oxygens (including phenoxy) is 2. The van der Waals surface area contributed by atoms with Crippen LogP contribution in [-0.4, -0.2) is 19.2 Å². The van der Waals surface area contributed by atoms with Crippen molar-refractivity contribution in [2.45, 2.75) is 6.61 Å². The molecule has 28 heavy (non-hydrogen) atoms. The van der Waals surface area contributed by atoms with Gasteiger partial charge < -0.3 is 9.47 Å². The maximum Gasteiger partial charge on any atom is 0.271 e. The Labute approximate surface area is 172 Å². The maximum absolute atomic E-state index is 12.1. The molecule has 3 rings (SSSR count). The van der Waals surface area contributed by atoms with Crippen molar-refractivity contribution in [3.63, 3.8) is 0 Å². The van der Waals surface area contributed by atoms with Gasteiger partial charge in [0.2, 0.25) is 0 Å². The lowest BCUT2D eigenvalue weighted by Crippen LogP contribution is -2.17. The summed E-state index contributed by atoms with van der Waals surface area (Å²) in [4.78, 5) is 12.1. The minimum atomic E-state index is -0.285. The summed E-state index contributed by atoms with van der Waals surface area (Å²) in [5, 5.41) is 4.01. The molecule has 0 saturated heterocycles. The second-order valence-electron chi connectivity index (χ2n) is 5.89. The number of hydrazone groups is 1. The molecule has 0 aliphatic carbocycles. The molecular formula is C22H19BrN2O3. The lowest BCUT2D eigenvalue weighted by Gasteiger charge is -2.11. The number of amides is 1. The number of hydrogen-bond donors (Lipinski definition) is 1. The minimum absolute atomic E-state index is 0.285. The third-order valence-electron chi connectivity index (χ3n) is 3.89. The summed E-state index contributed by atoms with van der Waals surface area (Å²) in [7, 11) is 1.58. The van der Waals surface area contributed by atoms with Gasteiger partial charge >= 0.3 is 0 Å². The summed E-state index contributed by atoms with van der Waals surface area (Å²) in [6, 6.07) is 22.5. The molecule has 0 atom stereocenters. The molecular weight excluding hydrogens is 420 g/mol. The first-order valence-corrected chi connectivity index (χ1v) is 9.39. The van der Waals surface area contributed by atoms with Crippen LogP contribution < -0.4 is 14.9 Å². The zero-order valence-electron chi connectivity index (χ0n) is 15.3. The largest absolute Gasteiger partial charge is 0.493 e. The van der Waals surface area contributed by atoms with Crippen LogP contribution in [0.2, 0.25) is 0 Å². The smallest absolute Gasteiger partial charge is 0.271 e. The quantitative estimate of drug-likeness (QED) is 0.425. The average molecular weight is 439 g/mol. The van der Waals surface area contributed by atoms with Crippen LogP contribution >= 0.6 is 15.9 Å². The molecule has 6 heteroatoms. The van der Waals surface area contributed by atoms with Gasteiger partial charge in [-0.3, -0.25) is 4.79 Å². The molecule has 3 aromatic carbocycles. The molecule has 0 aliphatic heterocycles. The van der Waals surface area contributed by atoms with Crippen molar-refractivity contribution in [3.8, 4) is 11.5 Å². The van der Waals surface area contributed by atoms with Gasteiger partial charge in [0.15, 0.2) is 11.5 Å². The summed E-state index contributed by atoms with van der Waals surface area (Å²) in [6.07, 6.45) is 1.55. The Morgan fingerprint density at radius 1 is 1.04 bits per heavy atom. The second kappa shape index (κ2) is 9.71. The second-order valence-corrected chi connectivity index (χ2v) is 6.81. The first-order valence-electron chi connectivity index (χ1n) is 8.59. The van der Waals surface area contributed by atoms with E-state index in [0.717, 1.165) is 15.6 Å². The molecule has 0 saturated carbocycles. The predicted octanol–water partition coefficient (Wildman–Crippen LogP) is 4.80. The van der Waals surface area contributed by atoms with E-state index in [1.54, 1.807) is 37.6 Å². The summed E-state index contributed by atoms with van der Waals surface area (Å²) >= 11 is 3.34. The van der Waals surface area contributed by atoms with Crippen molar-refractivity contribution in [1.82, 2.24) is 5.43 Å². The molecule has 0 heterocycles. The van der Waals surface area contributed by atoms with E-state index in [-0.39, 0.29) is 5.91 Å². The fourth-order valence-electron chi connectivity index (χ4n) is 2.48. The molecule has 0 fully saturated rings. The first kappa shape index (κ1) is 19.6. The van der Waals surface area contributed by atoms with Crippen molar-refractivity contribution in [2.75, 3.05) is 7.11 Å². The Morgan fingerprint density at radius 2 is 1.86 bits per heavy atom. The van der Waals surface area contributed by atoms with Crippen molar-refractivity contribution >= 4 is 28.1 Å². The van der Waals surface area contributed by atoms with Crippen molar-refractivity contribution in [2.24, 2.45) is 5.10 Å². The van der Waals surface area contributed by atoms with Crippen LogP contribution in [-0.2, 0) is 6.61 Å². The maximum atomic E-state index is 12.1. The van der Waals surface area contributed by atoms with Gasteiger partial charge in [-0.05, 0) is 47.5 Å². The fourth-order valence-corrected chi connectivity index (χ4v) is 2.88. The van der Waals surface area contributed by atoms with Gasteiger partial charge in [-0.15, -0.1) is 0 Å². The van der Waals surface area contributed by atoms with E-state index < -0.39 is 0 Å². The molecule has 5 nitrogen and oxygen atoms in total. The minimum Gasteiger partial charge on any atom is -0.493 e. The Bertz CT molecular complexity index is 975. The van der Waals surface area contributed by atoms with E-state index in [1.165, 1.54) is 0 Å². The fraction of sp³-hybridized carbons (Fsp3) is 0.0909. The third kappa shape index (κ3) is 5.44.